The molecule has 23 heavy (non-hydrogen) atoms. The van der Waals surface area contributed by atoms with E-state index in [-0.39, 0.29) is 26.1 Å². The minimum absolute atomic E-state index is 0.0680. The Kier molecular flexibility index (Phi) is 6.81. The van der Waals surface area contributed by atoms with Crippen molar-refractivity contribution in [3.8, 4) is 0 Å². The number of rotatable bonds is 5. The highest BCUT2D eigenvalue weighted by Gasteiger charge is 2.15. The number of halogens is 4. The minimum atomic E-state index is -0.112. The summed E-state index contributed by atoms with van der Waals surface area (Å²) in [6.45, 7) is 2.06. The van der Waals surface area contributed by atoms with E-state index in [0.717, 1.165) is 18.2 Å². The summed E-state index contributed by atoms with van der Waals surface area (Å²) < 4.78 is 0. The van der Waals surface area contributed by atoms with Crippen molar-refractivity contribution < 1.29 is 4.79 Å². The Labute approximate surface area is 158 Å². The van der Waals surface area contributed by atoms with Gasteiger partial charge < -0.3 is 0 Å². The molecule has 2 nitrogen and oxygen atoms in total. The van der Waals surface area contributed by atoms with Gasteiger partial charge in [0.25, 0.3) is 0 Å². The van der Waals surface area contributed by atoms with Gasteiger partial charge in [0.2, 0.25) is 0 Å². The number of allylic oxidation sites excluding steroid dienone is 1. The summed E-state index contributed by atoms with van der Waals surface area (Å²) in [6, 6.07) is 7.47. The smallest absolute Gasteiger partial charge is 0.186 e. The van der Waals surface area contributed by atoms with Crippen molar-refractivity contribution in [2.45, 2.75) is 18.2 Å². The number of carbonyl (C=O) groups is 1. The van der Waals surface area contributed by atoms with Crippen LogP contribution in [0.25, 0.3) is 0 Å². The normalized spacial score (nSPS) is 11.2. The lowest BCUT2D eigenvalue weighted by Crippen LogP contribution is -1.94. The van der Waals surface area contributed by atoms with Gasteiger partial charge in [0.1, 0.15) is 0 Å². The van der Waals surface area contributed by atoms with E-state index in [2.05, 4.69) is 11.9 Å². The molecule has 2 rings (SSSR count). The van der Waals surface area contributed by atoms with E-state index in [4.69, 9.17) is 46.4 Å². The van der Waals surface area contributed by atoms with Crippen molar-refractivity contribution >= 4 is 63.9 Å². The highest BCUT2D eigenvalue weighted by atomic mass is 35.5. The Bertz CT molecular complexity index is 733. The zero-order chi connectivity index (χ0) is 17.0. The fourth-order valence-corrected chi connectivity index (χ4v) is 3.57. The van der Waals surface area contributed by atoms with Crippen LogP contribution in [0.2, 0.25) is 20.4 Å². The maximum Gasteiger partial charge on any atom is 0.186 e. The maximum atomic E-state index is 12.1. The molecule has 1 aromatic heterocycles. The van der Waals surface area contributed by atoms with Gasteiger partial charge in [-0.25, -0.2) is 4.98 Å². The number of hydrogen-bond acceptors (Lipinski definition) is 3. The van der Waals surface area contributed by atoms with Crippen LogP contribution in [0, 0.1) is 0 Å². The second-order valence-corrected chi connectivity index (χ2v) is 6.87. The van der Waals surface area contributed by atoms with Crippen molar-refractivity contribution in [1.82, 2.24) is 4.98 Å². The number of ketones is 1. The molecule has 0 bridgehead atoms. The number of nitrogens with zero attached hydrogens (tertiary/aromatic N) is 1. The molecular weight excluding hydrogens is 396 g/mol. The molecule has 120 valence electrons. The quantitative estimate of drug-likeness (QED) is 0.238. The lowest BCUT2D eigenvalue weighted by atomic mass is 10.1. The number of hydrogen-bond donors (Lipinski definition) is 0. The van der Waals surface area contributed by atoms with E-state index in [0.29, 0.717) is 10.5 Å². The van der Waals surface area contributed by atoms with Crippen LogP contribution in [0.3, 0.4) is 0 Å². The van der Waals surface area contributed by atoms with Crippen LogP contribution < -0.4 is 0 Å². The Hall–Kier alpha value is -0.710. The third kappa shape index (κ3) is 4.65. The molecule has 7 heteroatoms. The minimum Gasteiger partial charge on any atom is -0.289 e. The number of aromatic nitrogens is 1. The van der Waals surface area contributed by atoms with Crippen LogP contribution >= 0.6 is 58.2 Å². The SMILES string of the molecule is CCc1ccc(C(=O)/C=C/Sc2c(Cl)c(Cl)nc(Cl)c2Cl)cc1. The predicted molar refractivity (Wildman–Crippen MR) is 99.4 cm³/mol. The van der Waals surface area contributed by atoms with Gasteiger partial charge in [0.15, 0.2) is 16.1 Å². The Morgan fingerprint density at radius 3 is 2.17 bits per heavy atom. The van der Waals surface area contributed by atoms with Crippen molar-refractivity contribution in [1.29, 1.82) is 0 Å². The fourth-order valence-electron chi connectivity index (χ4n) is 1.74. The first kappa shape index (κ1) is 18.6. The zero-order valence-electron chi connectivity index (χ0n) is 11.9. The number of aryl methyl sites for hydroxylation is 1. The Morgan fingerprint density at radius 1 is 1.09 bits per heavy atom. The van der Waals surface area contributed by atoms with E-state index in [1.807, 2.05) is 12.1 Å². The molecule has 0 N–H and O–H groups in total. The number of thioether (sulfide) groups is 1. The summed E-state index contributed by atoms with van der Waals surface area (Å²) in [7, 11) is 0. The van der Waals surface area contributed by atoms with E-state index < -0.39 is 0 Å². The van der Waals surface area contributed by atoms with Gasteiger partial charge in [0, 0.05) is 5.56 Å². The van der Waals surface area contributed by atoms with E-state index in [1.165, 1.54) is 11.6 Å². The molecule has 0 atom stereocenters. The number of benzene rings is 1. The Morgan fingerprint density at radius 2 is 1.65 bits per heavy atom. The van der Waals surface area contributed by atoms with Crippen LogP contribution in [0.4, 0.5) is 0 Å². The second-order valence-electron chi connectivity index (χ2n) is 4.49. The first-order valence-electron chi connectivity index (χ1n) is 6.60. The molecular formula is C16H11Cl4NOS. The molecule has 0 amide bonds. The summed E-state index contributed by atoms with van der Waals surface area (Å²) >= 11 is 25.0. The molecule has 0 aliphatic carbocycles. The molecule has 0 spiro atoms. The molecule has 0 radical (unpaired) electrons. The van der Waals surface area contributed by atoms with Crippen LogP contribution in [-0.2, 0) is 6.42 Å². The summed E-state index contributed by atoms with van der Waals surface area (Å²) in [5.41, 5.74) is 1.79. The highest BCUT2D eigenvalue weighted by molar-refractivity contribution is 8.02. The molecule has 0 aliphatic rings. The summed E-state index contributed by atoms with van der Waals surface area (Å²) in [5.74, 6) is -0.112. The van der Waals surface area contributed by atoms with Crippen molar-refractivity contribution in [2.75, 3.05) is 0 Å². The van der Waals surface area contributed by atoms with Crippen LogP contribution in [0.5, 0.6) is 0 Å². The van der Waals surface area contributed by atoms with Gasteiger partial charge >= 0.3 is 0 Å². The third-order valence-electron chi connectivity index (χ3n) is 3.01. The highest BCUT2D eigenvalue weighted by Crippen LogP contribution is 2.41. The number of carbonyl (C=O) groups excluding carboxylic acids is 1. The first-order chi connectivity index (χ1) is 10.9. The lowest BCUT2D eigenvalue weighted by molar-refractivity contribution is 0.104. The van der Waals surface area contributed by atoms with Gasteiger partial charge in [-0.05, 0) is 23.5 Å². The zero-order valence-corrected chi connectivity index (χ0v) is 15.8. The van der Waals surface area contributed by atoms with E-state index in [9.17, 15) is 4.79 Å². The topological polar surface area (TPSA) is 30.0 Å². The van der Waals surface area contributed by atoms with E-state index in [1.54, 1.807) is 17.5 Å². The maximum absolute atomic E-state index is 12.1. The second kappa shape index (κ2) is 8.41. The van der Waals surface area contributed by atoms with Gasteiger partial charge in [-0.15, -0.1) is 0 Å². The molecule has 2 aromatic rings. The molecule has 0 saturated carbocycles. The molecule has 0 saturated heterocycles. The fraction of sp³-hybridized carbons (Fsp3) is 0.125. The largest absolute Gasteiger partial charge is 0.289 e. The molecule has 0 aliphatic heterocycles. The lowest BCUT2D eigenvalue weighted by Gasteiger charge is -2.06. The predicted octanol–water partition coefficient (Wildman–Crippen LogP) is 6.75. The summed E-state index contributed by atoms with van der Waals surface area (Å²) in [5, 5.41) is 2.14. The Balaban J connectivity index is 2.14. The average Bonchev–Trinajstić information content (AvgIpc) is 2.56. The van der Waals surface area contributed by atoms with Gasteiger partial charge in [-0.2, -0.15) is 0 Å². The summed E-state index contributed by atoms with van der Waals surface area (Å²) in [4.78, 5) is 16.4. The monoisotopic (exact) mass is 405 g/mol. The van der Waals surface area contributed by atoms with Crippen molar-refractivity contribution in [2.24, 2.45) is 0 Å². The van der Waals surface area contributed by atoms with Crippen LogP contribution in [-0.4, -0.2) is 10.8 Å². The molecule has 0 fully saturated rings. The van der Waals surface area contributed by atoms with Crippen LogP contribution in [0.1, 0.15) is 22.8 Å². The van der Waals surface area contributed by atoms with E-state index >= 15 is 0 Å². The van der Waals surface area contributed by atoms with Gasteiger partial charge in [0.05, 0.1) is 14.9 Å². The third-order valence-corrected chi connectivity index (χ3v) is 5.63. The first-order valence-corrected chi connectivity index (χ1v) is 8.99. The van der Waals surface area contributed by atoms with Crippen LogP contribution in [0.15, 0.2) is 40.6 Å². The summed E-state index contributed by atoms with van der Waals surface area (Å²) in [6.07, 6.45) is 2.38. The van der Waals surface area contributed by atoms with Crippen molar-refractivity contribution in [3.05, 3.63) is 67.2 Å². The van der Waals surface area contributed by atoms with Crippen molar-refractivity contribution in [3.63, 3.8) is 0 Å². The number of pyridine rings is 1. The molecule has 1 aromatic carbocycles. The van der Waals surface area contributed by atoms with Gasteiger partial charge in [-0.1, -0.05) is 89.4 Å². The average molecular weight is 407 g/mol. The standard InChI is InChI=1S/C16H11Cl4NOS/c1-2-9-3-5-10(6-4-9)11(22)7-8-23-14-12(17)15(19)21-16(20)13(14)18/h3-8H,2H2,1H3/b8-7+. The van der Waals surface area contributed by atoms with Gasteiger partial charge in [-0.3, -0.25) is 4.79 Å². The molecule has 1 heterocycles. The molecule has 0 unspecified atom stereocenters.